The first-order valence-corrected chi connectivity index (χ1v) is 8.41. The van der Waals surface area contributed by atoms with E-state index in [9.17, 15) is 8.78 Å². The lowest BCUT2D eigenvalue weighted by Crippen LogP contribution is -2.02. The molecule has 0 bridgehead atoms. The summed E-state index contributed by atoms with van der Waals surface area (Å²) in [4.78, 5) is 9.04. The van der Waals surface area contributed by atoms with Crippen LogP contribution in [0, 0.1) is 11.6 Å². The fraction of sp³-hybridized carbons (Fsp3) is 0.100. The molecule has 4 rings (SSSR count). The Hall–Kier alpha value is -3.68. The van der Waals surface area contributed by atoms with Crippen LogP contribution in [0.4, 0.5) is 14.6 Å². The molecule has 1 N–H and O–H groups in total. The summed E-state index contributed by atoms with van der Waals surface area (Å²) in [5, 5.41) is 11.5. The van der Waals surface area contributed by atoms with Crippen molar-refractivity contribution < 1.29 is 13.5 Å². The van der Waals surface area contributed by atoms with Crippen LogP contribution in [-0.4, -0.2) is 34.3 Å². The van der Waals surface area contributed by atoms with Crippen molar-refractivity contribution >= 4 is 16.7 Å². The molecule has 0 fully saturated rings. The van der Waals surface area contributed by atoms with Crippen LogP contribution in [0.25, 0.3) is 33.5 Å². The van der Waals surface area contributed by atoms with Gasteiger partial charge in [-0.15, -0.1) is 5.10 Å². The summed E-state index contributed by atoms with van der Waals surface area (Å²) < 4.78 is 33.4. The Labute approximate surface area is 159 Å². The molecule has 2 aromatic carbocycles. The van der Waals surface area contributed by atoms with Crippen molar-refractivity contribution in [3.05, 3.63) is 60.3 Å². The Bertz CT molecular complexity index is 1170. The topological polar surface area (TPSA) is 72.8 Å². The molecule has 6 nitrogen and oxygen atoms in total. The average Bonchev–Trinajstić information content (AvgIpc) is 2.74. The van der Waals surface area contributed by atoms with E-state index in [1.54, 1.807) is 37.5 Å². The Kier molecular flexibility index (Phi) is 4.52. The molecule has 0 atom stereocenters. The predicted octanol–water partition coefficient (Wildman–Crippen LogP) is 4.08. The molecule has 0 saturated carbocycles. The van der Waals surface area contributed by atoms with Crippen LogP contribution in [0.15, 0.2) is 48.7 Å². The maximum absolute atomic E-state index is 14.3. The highest BCUT2D eigenvalue weighted by molar-refractivity contribution is 5.97. The molecule has 0 aliphatic rings. The van der Waals surface area contributed by atoms with Crippen LogP contribution >= 0.6 is 0 Å². The largest absolute Gasteiger partial charge is 0.494 e. The van der Waals surface area contributed by atoms with Crippen molar-refractivity contribution in [3.8, 4) is 28.4 Å². The number of hydrogen-bond donors (Lipinski definition) is 1. The van der Waals surface area contributed by atoms with E-state index < -0.39 is 11.6 Å². The number of methoxy groups -OCH3 is 1. The second-order valence-electron chi connectivity index (χ2n) is 5.95. The fourth-order valence-corrected chi connectivity index (χ4v) is 2.96. The van der Waals surface area contributed by atoms with E-state index in [1.165, 1.54) is 7.11 Å². The van der Waals surface area contributed by atoms with Gasteiger partial charge in [0.25, 0.3) is 0 Å². The molecule has 0 aliphatic heterocycles. The number of hydrogen-bond acceptors (Lipinski definition) is 6. The van der Waals surface area contributed by atoms with Crippen molar-refractivity contribution in [2.75, 3.05) is 19.5 Å². The zero-order valence-electron chi connectivity index (χ0n) is 15.1. The molecule has 0 amide bonds. The van der Waals surface area contributed by atoms with E-state index in [-0.39, 0.29) is 5.56 Å². The number of ether oxygens (including phenoxy) is 1. The minimum absolute atomic E-state index is 0.125. The number of rotatable bonds is 4. The molecular weight excluding hydrogens is 364 g/mol. The summed E-state index contributed by atoms with van der Waals surface area (Å²) >= 11 is 0. The maximum Gasteiger partial charge on any atom is 0.182 e. The van der Waals surface area contributed by atoms with Gasteiger partial charge in [0.05, 0.1) is 7.11 Å². The normalized spacial score (nSPS) is 10.9. The SMILES string of the molecule is CNc1nc(-c2cccnn2)nc2c(OC)cc(-c3cc(F)ccc3F)cc12. The van der Waals surface area contributed by atoms with E-state index in [4.69, 9.17) is 4.74 Å². The second-order valence-corrected chi connectivity index (χ2v) is 5.95. The molecule has 0 spiro atoms. The third-order valence-electron chi connectivity index (χ3n) is 4.26. The van der Waals surface area contributed by atoms with Crippen LogP contribution in [0.2, 0.25) is 0 Å². The zero-order valence-corrected chi connectivity index (χ0v) is 15.1. The van der Waals surface area contributed by atoms with Gasteiger partial charge in [0.2, 0.25) is 0 Å². The number of halogens is 2. The summed E-state index contributed by atoms with van der Waals surface area (Å²) in [5.74, 6) is 0.209. The van der Waals surface area contributed by atoms with Crippen molar-refractivity contribution in [1.82, 2.24) is 20.2 Å². The van der Waals surface area contributed by atoms with Crippen LogP contribution < -0.4 is 10.1 Å². The molecule has 0 radical (unpaired) electrons. The molecular formula is C20H15F2N5O. The van der Waals surface area contributed by atoms with Crippen LogP contribution in [0.1, 0.15) is 0 Å². The summed E-state index contributed by atoms with van der Waals surface area (Å²) in [6.45, 7) is 0. The van der Waals surface area contributed by atoms with E-state index in [1.807, 2.05) is 0 Å². The number of benzene rings is 2. The minimum atomic E-state index is -0.536. The van der Waals surface area contributed by atoms with Gasteiger partial charge in [-0.1, -0.05) is 0 Å². The monoisotopic (exact) mass is 379 g/mol. The molecule has 140 valence electrons. The summed E-state index contributed by atoms with van der Waals surface area (Å²) in [6.07, 6.45) is 1.56. The molecule has 2 aromatic heterocycles. The Morgan fingerprint density at radius 1 is 1.04 bits per heavy atom. The quantitative estimate of drug-likeness (QED) is 0.576. The van der Waals surface area contributed by atoms with Crippen molar-refractivity contribution in [1.29, 1.82) is 0 Å². The highest BCUT2D eigenvalue weighted by Crippen LogP contribution is 2.36. The summed E-state index contributed by atoms with van der Waals surface area (Å²) in [5.41, 5.74) is 1.60. The molecule has 28 heavy (non-hydrogen) atoms. The Morgan fingerprint density at radius 2 is 1.89 bits per heavy atom. The van der Waals surface area contributed by atoms with Gasteiger partial charge in [0.1, 0.15) is 34.4 Å². The number of aromatic nitrogens is 4. The minimum Gasteiger partial charge on any atom is -0.494 e. The van der Waals surface area contributed by atoms with Crippen LogP contribution in [0.5, 0.6) is 5.75 Å². The molecule has 0 saturated heterocycles. The number of anilines is 1. The maximum atomic E-state index is 14.3. The first-order chi connectivity index (χ1) is 13.6. The van der Waals surface area contributed by atoms with E-state index in [0.29, 0.717) is 39.6 Å². The van der Waals surface area contributed by atoms with E-state index in [2.05, 4.69) is 25.5 Å². The van der Waals surface area contributed by atoms with Gasteiger partial charge in [-0.05, 0) is 48.0 Å². The first-order valence-electron chi connectivity index (χ1n) is 8.41. The summed E-state index contributed by atoms with van der Waals surface area (Å²) in [6, 6.07) is 10.1. The van der Waals surface area contributed by atoms with Crippen molar-refractivity contribution in [3.63, 3.8) is 0 Å². The van der Waals surface area contributed by atoms with Crippen molar-refractivity contribution in [2.24, 2.45) is 0 Å². The van der Waals surface area contributed by atoms with Crippen LogP contribution in [0.3, 0.4) is 0 Å². The fourth-order valence-electron chi connectivity index (χ4n) is 2.96. The van der Waals surface area contributed by atoms with Gasteiger partial charge in [0, 0.05) is 24.2 Å². The first kappa shape index (κ1) is 17.7. The molecule has 0 unspecified atom stereocenters. The smallest absolute Gasteiger partial charge is 0.182 e. The zero-order chi connectivity index (χ0) is 19.7. The highest BCUT2D eigenvalue weighted by Gasteiger charge is 2.17. The van der Waals surface area contributed by atoms with Gasteiger partial charge in [-0.2, -0.15) is 5.10 Å². The lowest BCUT2D eigenvalue weighted by atomic mass is 10.0. The Balaban J connectivity index is 1.99. The standard InChI is InChI=1S/C20H15F2N5O/c1-23-19-14-8-11(13-10-12(21)5-6-15(13)22)9-17(28-2)18(14)25-20(26-19)16-4-3-7-24-27-16/h3-10H,1-2H3,(H,23,25,26). The molecule has 4 aromatic rings. The lowest BCUT2D eigenvalue weighted by molar-refractivity contribution is 0.419. The lowest BCUT2D eigenvalue weighted by Gasteiger charge is -2.13. The van der Waals surface area contributed by atoms with Gasteiger partial charge < -0.3 is 10.1 Å². The van der Waals surface area contributed by atoms with Gasteiger partial charge in [0.15, 0.2) is 5.82 Å². The van der Waals surface area contributed by atoms with Gasteiger partial charge in [-0.3, -0.25) is 0 Å². The third kappa shape index (κ3) is 3.09. The molecule has 0 aliphatic carbocycles. The summed E-state index contributed by atoms with van der Waals surface area (Å²) in [7, 11) is 3.20. The second kappa shape index (κ2) is 7.15. The molecule has 2 heterocycles. The average molecular weight is 379 g/mol. The van der Waals surface area contributed by atoms with Crippen molar-refractivity contribution in [2.45, 2.75) is 0 Å². The Morgan fingerprint density at radius 3 is 2.61 bits per heavy atom. The third-order valence-corrected chi connectivity index (χ3v) is 4.26. The van der Waals surface area contributed by atoms with E-state index >= 15 is 0 Å². The van der Waals surface area contributed by atoms with Gasteiger partial charge in [-0.25, -0.2) is 18.7 Å². The number of nitrogens with zero attached hydrogens (tertiary/aromatic N) is 4. The van der Waals surface area contributed by atoms with E-state index in [0.717, 1.165) is 18.2 Å². The number of nitrogens with one attached hydrogen (secondary N) is 1. The van der Waals surface area contributed by atoms with Crippen LogP contribution in [-0.2, 0) is 0 Å². The van der Waals surface area contributed by atoms with Gasteiger partial charge >= 0.3 is 0 Å². The molecule has 8 heteroatoms. The predicted molar refractivity (Wildman–Crippen MR) is 102 cm³/mol. The highest BCUT2D eigenvalue weighted by atomic mass is 19.1. The number of fused-ring (bicyclic) bond motifs is 1.